The quantitative estimate of drug-likeness (QED) is 0.237. The van der Waals surface area contributed by atoms with Crippen molar-refractivity contribution in [2.24, 2.45) is 16.7 Å². The summed E-state index contributed by atoms with van der Waals surface area (Å²) in [6, 6.07) is 4.14. The molecule has 0 fully saturated rings. The van der Waals surface area contributed by atoms with Gasteiger partial charge < -0.3 is 19.3 Å². The fraction of sp³-hybridized carbons (Fsp3) is 0.643. The van der Waals surface area contributed by atoms with Crippen molar-refractivity contribution in [1.82, 2.24) is 5.32 Å². The summed E-state index contributed by atoms with van der Waals surface area (Å²) in [6.45, 7) is 17.3. The van der Waals surface area contributed by atoms with Gasteiger partial charge in [0, 0.05) is 12.5 Å². The highest BCUT2D eigenvalue weighted by Crippen LogP contribution is 2.34. The van der Waals surface area contributed by atoms with Crippen LogP contribution in [0.1, 0.15) is 87.6 Å². The Balaban J connectivity index is 3.58. The third-order valence-corrected chi connectivity index (χ3v) is 5.82. The van der Waals surface area contributed by atoms with Gasteiger partial charge in [0.1, 0.15) is 0 Å². The van der Waals surface area contributed by atoms with Gasteiger partial charge in [0.15, 0.2) is 11.5 Å². The molecule has 0 aliphatic rings. The van der Waals surface area contributed by atoms with Crippen molar-refractivity contribution in [3.05, 3.63) is 23.8 Å². The van der Waals surface area contributed by atoms with Crippen LogP contribution in [-0.4, -0.2) is 40.8 Å². The molecule has 9 nitrogen and oxygen atoms in total. The molecule has 1 rings (SSSR count). The molecule has 0 spiro atoms. The number of esters is 3. The summed E-state index contributed by atoms with van der Waals surface area (Å²) in [5, 5.41) is 13.2. The van der Waals surface area contributed by atoms with Gasteiger partial charge in [0.25, 0.3) is 5.72 Å². The SMILES string of the molecule is CCC(C)N[C@@](Cc1ccc(OC(=O)C(C)(C)C)c(OC(=O)C(C)(C)C)c1)(OC(=O)C(C)CC)C(=O)O. The Labute approximate surface area is 220 Å². The highest BCUT2D eigenvalue weighted by Gasteiger charge is 2.44. The normalized spacial score (nSPS) is 15.2. The Morgan fingerprint density at radius 2 is 1.38 bits per heavy atom. The maximum absolute atomic E-state index is 12.7. The van der Waals surface area contributed by atoms with Gasteiger partial charge >= 0.3 is 23.9 Å². The van der Waals surface area contributed by atoms with E-state index in [1.807, 2.05) is 13.8 Å². The zero-order valence-electron chi connectivity index (χ0n) is 23.8. The molecule has 208 valence electrons. The van der Waals surface area contributed by atoms with Gasteiger partial charge in [-0.3, -0.25) is 19.7 Å². The van der Waals surface area contributed by atoms with E-state index in [0.717, 1.165) is 0 Å². The van der Waals surface area contributed by atoms with Crippen LogP contribution in [0.2, 0.25) is 0 Å². The minimum absolute atomic E-state index is 0.0219. The number of carbonyl (C=O) groups is 4. The molecule has 2 N–H and O–H groups in total. The average Bonchev–Trinajstić information content (AvgIpc) is 2.78. The minimum Gasteiger partial charge on any atom is -0.477 e. The summed E-state index contributed by atoms with van der Waals surface area (Å²) in [7, 11) is 0. The number of nitrogens with one attached hydrogen (secondary N) is 1. The lowest BCUT2D eigenvalue weighted by atomic mass is 9.97. The van der Waals surface area contributed by atoms with E-state index >= 15 is 0 Å². The van der Waals surface area contributed by atoms with Crippen molar-refractivity contribution in [1.29, 1.82) is 0 Å². The molecule has 0 aromatic heterocycles. The molecule has 1 aromatic rings. The van der Waals surface area contributed by atoms with Crippen molar-refractivity contribution in [2.75, 3.05) is 0 Å². The maximum atomic E-state index is 12.7. The van der Waals surface area contributed by atoms with Crippen LogP contribution in [0.15, 0.2) is 18.2 Å². The summed E-state index contributed by atoms with van der Waals surface area (Å²) < 4.78 is 16.7. The molecule has 0 saturated heterocycles. The lowest BCUT2D eigenvalue weighted by Gasteiger charge is -2.34. The lowest BCUT2D eigenvalue weighted by Crippen LogP contribution is -2.60. The number of ether oxygens (including phenoxy) is 3. The van der Waals surface area contributed by atoms with Gasteiger partial charge in [-0.1, -0.05) is 26.8 Å². The first-order chi connectivity index (χ1) is 16.9. The van der Waals surface area contributed by atoms with Gasteiger partial charge in [0.05, 0.1) is 16.7 Å². The molecule has 1 aromatic carbocycles. The van der Waals surface area contributed by atoms with Crippen LogP contribution >= 0.6 is 0 Å². The van der Waals surface area contributed by atoms with E-state index in [0.29, 0.717) is 18.4 Å². The molecular formula is C28H43NO8. The van der Waals surface area contributed by atoms with E-state index in [-0.39, 0.29) is 24.0 Å². The first-order valence-electron chi connectivity index (χ1n) is 12.7. The van der Waals surface area contributed by atoms with Crippen molar-refractivity contribution in [3.8, 4) is 11.5 Å². The number of rotatable bonds is 11. The Kier molecular flexibility index (Phi) is 10.9. The van der Waals surface area contributed by atoms with Gasteiger partial charge in [0.2, 0.25) is 0 Å². The van der Waals surface area contributed by atoms with Gasteiger partial charge in [-0.2, -0.15) is 0 Å². The molecule has 37 heavy (non-hydrogen) atoms. The van der Waals surface area contributed by atoms with E-state index in [9.17, 15) is 24.3 Å². The Morgan fingerprint density at radius 1 is 0.865 bits per heavy atom. The van der Waals surface area contributed by atoms with E-state index in [1.165, 1.54) is 12.1 Å². The molecule has 0 saturated carbocycles. The molecule has 0 bridgehead atoms. The van der Waals surface area contributed by atoms with E-state index in [1.54, 1.807) is 61.5 Å². The van der Waals surface area contributed by atoms with Crippen LogP contribution in [0.5, 0.6) is 11.5 Å². The second-order valence-electron chi connectivity index (χ2n) is 11.6. The molecule has 0 aliphatic heterocycles. The molecule has 0 amide bonds. The Bertz CT molecular complexity index is 989. The van der Waals surface area contributed by atoms with Crippen molar-refractivity contribution in [2.45, 2.75) is 100 Å². The largest absolute Gasteiger partial charge is 0.477 e. The summed E-state index contributed by atoms with van der Waals surface area (Å²) in [5.74, 6) is -3.62. The van der Waals surface area contributed by atoms with Crippen LogP contribution < -0.4 is 14.8 Å². The van der Waals surface area contributed by atoms with Crippen molar-refractivity contribution in [3.63, 3.8) is 0 Å². The standard InChI is InChI=1S/C28H43NO8/c1-11-17(3)22(30)37-28(23(31)32,29-18(4)12-2)16-19-13-14-20(35-24(33)26(5,6)7)21(15-19)36-25(34)27(8,9)10/h13-15,17-18,29H,11-12,16H2,1-10H3,(H,31,32)/t17?,18?,28-/m0/s1. The number of aliphatic carboxylic acids is 1. The molecular weight excluding hydrogens is 478 g/mol. The predicted octanol–water partition coefficient (Wildman–Crippen LogP) is 4.89. The van der Waals surface area contributed by atoms with Crippen LogP contribution in [0.25, 0.3) is 0 Å². The fourth-order valence-electron chi connectivity index (χ4n) is 2.86. The second kappa shape index (κ2) is 12.5. The van der Waals surface area contributed by atoms with Gasteiger partial charge in [-0.25, -0.2) is 4.79 Å². The van der Waals surface area contributed by atoms with Gasteiger partial charge in [-0.05, 0) is 79.0 Å². The van der Waals surface area contributed by atoms with Crippen LogP contribution in [0.3, 0.4) is 0 Å². The molecule has 0 aliphatic carbocycles. The number of benzene rings is 1. The lowest BCUT2D eigenvalue weighted by molar-refractivity contribution is -0.187. The zero-order valence-corrected chi connectivity index (χ0v) is 23.8. The average molecular weight is 522 g/mol. The minimum atomic E-state index is -2.06. The number of hydrogen-bond donors (Lipinski definition) is 2. The molecule has 3 atom stereocenters. The molecule has 2 unspecified atom stereocenters. The monoisotopic (exact) mass is 521 g/mol. The number of carbonyl (C=O) groups excluding carboxylic acids is 3. The third-order valence-electron chi connectivity index (χ3n) is 5.82. The number of carboxylic acids is 1. The van der Waals surface area contributed by atoms with Crippen LogP contribution in [0, 0.1) is 16.7 Å². The zero-order chi connectivity index (χ0) is 28.8. The van der Waals surface area contributed by atoms with Crippen LogP contribution in [-0.2, 0) is 30.3 Å². The van der Waals surface area contributed by atoms with E-state index < -0.39 is 46.4 Å². The highest BCUT2D eigenvalue weighted by molar-refractivity contribution is 5.83. The second-order valence-corrected chi connectivity index (χ2v) is 11.6. The maximum Gasteiger partial charge on any atom is 0.364 e. The van der Waals surface area contributed by atoms with Crippen molar-refractivity contribution < 1.29 is 38.5 Å². The van der Waals surface area contributed by atoms with E-state index in [4.69, 9.17) is 14.2 Å². The topological polar surface area (TPSA) is 128 Å². The highest BCUT2D eigenvalue weighted by atomic mass is 16.6. The first-order valence-corrected chi connectivity index (χ1v) is 12.7. The number of hydrogen-bond acceptors (Lipinski definition) is 8. The first kappa shape index (κ1) is 32.1. The summed E-state index contributed by atoms with van der Waals surface area (Å²) in [5.41, 5.74) is -3.34. The van der Waals surface area contributed by atoms with E-state index in [2.05, 4.69) is 5.32 Å². The fourth-order valence-corrected chi connectivity index (χ4v) is 2.86. The third kappa shape index (κ3) is 9.14. The van der Waals surface area contributed by atoms with Gasteiger partial charge in [-0.15, -0.1) is 0 Å². The predicted molar refractivity (Wildman–Crippen MR) is 139 cm³/mol. The molecule has 9 heteroatoms. The smallest absolute Gasteiger partial charge is 0.364 e. The number of carboxylic acid groups (broad SMARTS) is 1. The Morgan fingerprint density at radius 3 is 1.81 bits per heavy atom. The molecule has 0 heterocycles. The summed E-state index contributed by atoms with van der Waals surface area (Å²) in [4.78, 5) is 50.4. The summed E-state index contributed by atoms with van der Waals surface area (Å²) in [6.07, 6.45) is 0.813. The van der Waals surface area contributed by atoms with Crippen molar-refractivity contribution >= 4 is 23.9 Å². The molecule has 0 radical (unpaired) electrons. The van der Waals surface area contributed by atoms with Crippen LogP contribution in [0.4, 0.5) is 0 Å². The Hall–Kier alpha value is -2.94. The summed E-state index contributed by atoms with van der Waals surface area (Å²) >= 11 is 0.